The number of rotatable bonds is 5. The van der Waals surface area contributed by atoms with E-state index in [1.54, 1.807) is 0 Å². The lowest BCUT2D eigenvalue weighted by molar-refractivity contribution is -0.119. The van der Waals surface area contributed by atoms with Crippen molar-refractivity contribution in [1.29, 1.82) is 0 Å². The van der Waals surface area contributed by atoms with Crippen LogP contribution in [0.2, 0.25) is 0 Å². The van der Waals surface area contributed by atoms with Gasteiger partial charge in [-0.2, -0.15) is 0 Å². The highest BCUT2D eigenvalue weighted by atomic mass is 32.2. The second-order valence-electron chi connectivity index (χ2n) is 6.00. The van der Waals surface area contributed by atoms with Crippen molar-refractivity contribution in [1.82, 2.24) is 15.3 Å². The number of benzene rings is 1. The fourth-order valence-electron chi connectivity index (χ4n) is 2.29. The summed E-state index contributed by atoms with van der Waals surface area (Å²) in [6, 6.07) is 5.52. The number of imidazole rings is 1. The average molecular weight is 323 g/mol. The number of hydrogen-bond donors (Lipinski definition) is 2. The molecule has 22 heavy (non-hydrogen) atoms. The zero-order valence-corrected chi connectivity index (χ0v) is 14.0. The summed E-state index contributed by atoms with van der Waals surface area (Å²) in [4.78, 5) is 19.6. The van der Waals surface area contributed by atoms with Gasteiger partial charge in [0.15, 0.2) is 9.84 Å². The molecular weight excluding hydrogens is 302 g/mol. The van der Waals surface area contributed by atoms with Gasteiger partial charge in [0, 0.05) is 6.26 Å². The van der Waals surface area contributed by atoms with Crippen LogP contribution in [-0.4, -0.2) is 36.3 Å². The summed E-state index contributed by atoms with van der Waals surface area (Å²) in [6.45, 7) is 5.89. The number of aryl methyl sites for hydroxylation is 1. The molecule has 0 spiro atoms. The Hall–Kier alpha value is -1.89. The second-order valence-corrected chi connectivity index (χ2v) is 8.14. The van der Waals surface area contributed by atoms with Crippen LogP contribution in [-0.2, 0) is 14.6 Å². The van der Waals surface area contributed by atoms with E-state index in [9.17, 15) is 13.2 Å². The Kier molecular flexibility index (Phi) is 4.55. The standard InChI is InChI=1S/C15H21N3O3S/c1-9(2)14(18-13(19)8-22(4,20)21)15-16-11-6-5-10(3)7-12(11)17-15/h5-7,9,14H,8H2,1-4H3,(H,16,17)(H,18,19)/t14-/m1/s1. The zero-order valence-electron chi connectivity index (χ0n) is 13.2. The number of amides is 1. The summed E-state index contributed by atoms with van der Waals surface area (Å²) < 4.78 is 22.4. The lowest BCUT2D eigenvalue weighted by Crippen LogP contribution is -2.36. The van der Waals surface area contributed by atoms with E-state index in [4.69, 9.17) is 0 Å². The molecule has 1 amide bonds. The maximum absolute atomic E-state index is 11.9. The fourth-order valence-corrected chi connectivity index (χ4v) is 2.85. The molecule has 0 aliphatic carbocycles. The third-order valence-corrected chi connectivity index (χ3v) is 4.11. The van der Waals surface area contributed by atoms with E-state index < -0.39 is 21.5 Å². The summed E-state index contributed by atoms with van der Waals surface area (Å²) in [6.07, 6.45) is 1.04. The number of sulfone groups is 1. The van der Waals surface area contributed by atoms with Gasteiger partial charge in [0.2, 0.25) is 5.91 Å². The number of H-pyrrole nitrogens is 1. The normalized spacial score (nSPS) is 13.5. The van der Waals surface area contributed by atoms with E-state index in [-0.39, 0.29) is 12.0 Å². The Balaban J connectivity index is 2.28. The molecule has 0 aliphatic rings. The van der Waals surface area contributed by atoms with Crippen LogP contribution >= 0.6 is 0 Å². The first-order valence-corrected chi connectivity index (χ1v) is 9.15. The molecule has 0 aliphatic heterocycles. The van der Waals surface area contributed by atoms with Crippen LogP contribution in [0.3, 0.4) is 0 Å². The van der Waals surface area contributed by atoms with Crippen LogP contribution in [0.4, 0.5) is 0 Å². The van der Waals surface area contributed by atoms with Crippen LogP contribution in [0.5, 0.6) is 0 Å². The first kappa shape index (κ1) is 16.5. The van der Waals surface area contributed by atoms with Gasteiger partial charge in [0.05, 0.1) is 17.1 Å². The largest absolute Gasteiger partial charge is 0.345 e. The van der Waals surface area contributed by atoms with E-state index in [2.05, 4.69) is 15.3 Å². The lowest BCUT2D eigenvalue weighted by Gasteiger charge is -2.20. The third-order valence-electron chi connectivity index (χ3n) is 3.33. The Morgan fingerprint density at radius 3 is 2.64 bits per heavy atom. The minimum absolute atomic E-state index is 0.0742. The van der Waals surface area contributed by atoms with Crippen molar-refractivity contribution in [3.05, 3.63) is 29.6 Å². The minimum atomic E-state index is -3.35. The Morgan fingerprint density at radius 1 is 1.36 bits per heavy atom. The summed E-state index contributed by atoms with van der Waals surface area (Å²) >= 11 is 0. The molecule has 6 nitrogen and oxygen atoms in total. The van der Waals surface area contributed by atoms with Crippen LogP contribution in [0.1, 0.15) is 31.3 Å². The first-order chi connectivity index (χ1) is 10.2. The van der Waals surface area contributed by atoms with Gasteiger partial charge in [-0.15, -0.1) is 0 Å². The summed E-state index contributed by atoms with van der Waals surface area (Å²) in [5, 5.41) is 2.75. The maximum Gasteiger partial charge on any atom is 0.235 e. The van der Waals surface area contributed by atoms with Crippen molar-refractivity contribution in [3.63, 3.8) is 0 Å². The number of aromatic nitrogens is 2. The highest BCUT2D eigenvalue weighted by molar-refractivity contribution is 7.91. The number of carbonyl (C=O) groups is 1. The van der Waals surface area contributed by atoms with Crippen molar-refractivity contribution in [2.24, 2.45) is 5.92 Å². The van der Waals surface area contributed by atoms with Gasteiger partial charge in [0.25, 0.3) is 0 Å². The molecule has 0 saturated heterocycles. The Morgan fingerprint density at radius 2 is 2.05 bits per heavy atom. The molecule has 1 heterocycles. The van der Waals surface area contributed by atoms with E-state index in [1.807, 2.05) is 39.0 Å². The van der Waals surface area contributed by atoms with Crippen molar-refractivity contribution in [3.8, 4) is 0 Å². The van der Waals surface area contributed by atoms with Gasteiger partial charge in [-0.1, -0.05) is 19.9 Å². The molecule has 7 heteroatoms. The highest BCUT2D eigenvalue weighted by Crippen LogP contribution is 2.22. The van der Waals surface area contributed by atoms with Crippen LogP contribution in [0, 0.1) is 12.8 Å². The van der Waals surface area contributed by atoms with E-state index in [0.717, 1.165) is 22.9 Å². The van der Waals surface area contributed by atoms with Gasteiger partial charge < -0.3 is 10.3 Å². The van der Waals surface area contributed by atoms with Gasteiger partial charge in [-0.25, -0.2) is 13.4 Å². The highest BCUT2D eigenvalue weighted by Gasteiger charge is 2.23. The number of hydrogen-bond acceptors (Lipinski definition) is 4. The fraction of sp³-hybridized carbons (Fsp3) is 0.467. The predicted molar refractivity (Wildman–Crippen MR) is 86.3 cm³/mol. The Bertz CT molecular complexity index is 793. The quantitative estimate of drug-likeness (QED) is 0.876. The summed E-state index contributed by atoms with van der Waals surface area (Å²) in [7, 11) is -3.35. The third kappa shape index (κ3) is 4.07. The topological polar surface area (TPSA) is 91.9 Å². The lowest BCUT2D eigenvalue weighted by atomic mass is 10.0. The number of nitrogens with one attached hydrogen (secondary N) is 2. The summed E-state index contributed by atoms with van der Waals surface area (Å²) in [5.41, 5.74) is 2.84. The number of fused-ring (bicyclic) bond motifs is 1. The molecule has 0 fully saturated rings. The van der Waals surface area contributed by atoms with Gasteiger partial charge in [-0.3, -0.25) is 4.79 Å². The van der Waals surface area contributed by atoms with E-state index in [1.165, 1.54) is 0 Å². The molecular formula is C15H21N3O3S. The first-order valence-electron chi connectivity index (χ1n) is 7.09. The predicted octanol–water partition coefficient (Wildman–Crippen LogP) is 1.73. The van der Waals surface area contributed by atoms with Crippen molar-refractivity contribution >= 4 is 26.8 Å². The molecule has 0 saturated carbocycles. The van der Waals surface area contributed by atoms with Gasteiger partial charge in [0.1, 0.15) is 11.6 Å². The molecule has 0 radical (unpaired) electrons. The maximum atomic E-state index is 11.9. The molecule has 0 bridgehead atoms. The van der Waals surface area contributed by atoms with Crippen LogP contribution < -0.4 is 5.32 Å². The molecule has 2 rings (SSSR count). The Labute approximate surface area is 130 Å². The van der Waals surface area contributed by atoms with Gasteiger partial charge in [-0.05, 0) is 30.5 Å². The van der Waals surface area contributed by atoms with Crippen molar-refractivity contribution < 1.29 is 13.2 Å². The minimum Gasteiger partial charge on any atom is -0.345 e. The molecule has 0 unspecified atom stereocenters. The van der Waals surface area contributed by atoms with Crippen LogP contribution in [0.15, 0.2) is 18.2 Å². The number of nitrogens with zero attached hydrogens (tertiary/aromatic N) is 1. The van der Waals surface area contributed by atoms with E-state index in [0.29, 0.717) is 5.82 Å². The summed E-state index contributed by atoms with van der Waals surface area (Å²) in [5.74, 6) is -0.323. The van der Waals surface area contributed by atoms with Crippen molar-refractivity contribution in [2.75, 3.05) is 12.0 Å². The van der Waals surface area contributed by atoms with Crippen LogP contribution in [0.25, 0.3) is 11.0 Å². The molecule has 1 aromatic heterocycles. The average Bonchev–Trinajstić information content (AvgIpc) is 2.75. The molecule has 1 aromatic carbocycles. The smallest absolute Gasteiger partial charge is 0.235 e. The zero-order chi connectivity index (χ0) is 16.5. The van der Waals surface area contributed by atoms with Crippen molar-refractivity contribution in [2.45, 2.75) is 26.8 Å². The molecule has 120 valence electrons. The molecule has 2 N–H and O–H groups in total. The molecule has 1 atom stereocenters. The number of aromatic amines is 1. The van der Waals surface area contributed by atoms with Gasteiger partial charge >= 0.3 is 0 Å². The van der Waals surface area contributed by atoms with E-state index >= 15 is 0 Å². The number of carbonyl (C=O) groups excluding carboxylic acids is 1. The molecule has 2 aromatic rings. The monoisotopic (exact) mass is 323 g/mol. The SMILES string of the molecule is Cc1ccc2nc([C@H](NC(=O)CS(C)(=O)=O)C(C)C)[nH]c2c1. The second kappa shape index (κ2) is 6.08.